The summed E-state index contributed by atoms with van der Waals surface area (Å²) >= 11 is 12.3. The van der Waals surface area contributed by atoms with Gasteiger partial charge in [0.25, 0.3) is 0 Å². The average molecular weight is 490 g/mol. The van der Waals surface area contributed by atoms with Gasteiger partial charge in [0.15, 0.2) is 11.6 Å². The van der Waals surface area contributed by atoms with Crippen LogP contribution in [0, 0.1) is 5.82 Å². The number of aromatic nitrogens is 3. The molecule has 3 heterocycles. The Morgan fingerprint density at radius 3 is 2.53 bits per heavy atom. The molecular formula is C21H18B4Cl2FN5O. The molecule has 1 aliphatic rings. The lowest BCUT2D eigenvalue weighted by Gasteiger charge is -2.51. The summed E-state index contributed by atoms with van der Waals surface area (Å²) in [5, 5.41) is 5.13. The number of benzene rings is 1. The molecule has 2 aromatic heterocycles. The number of hydrogen-bond donors (Lipinski definition) is 2. The van der Waals surface area contributed by atoms with Crippen LogP contribution >= 0.6 is 23.2 Å². The Morgan fingerprint density at radius 1 is 1.18 bits per heavy atom. The van der Waals surface area contributed by atoms with Crippen molar-refractivity contribution in [3.8, 4) is 16.9 Å². The second-order valence-electron chi connectivity index (χ2n) is 8.56. The molecule has 0 unspecified atom stereocenters. The molecule has 1 saturated heterocycles. The highest BCUT2D eigenvalue weighted by atomic mass is 35.5. The third-order valence-corrected chi connectivity index (χ3v) is 6.47. The first-order valence-electron chi connectivity index (χ1n) is 10.4. The number of nitrogens with two attached hydrogens (primary N) is 1. The summed E-state index contributed by atoms with van der Waals surface area (Å²) in [5.74, 6) is -0.209. The molecule has 0 bridgehead atoms. The quantitative estimate of drug-likeness (QED) is 0.425. The van der Waals surface area contributed by atoms with Crippen molar-refractivity contribution in [3.05, 3.63) is 58.2 Å². The van der Waals surface area contributed by atoms with Gasteiger partial charge in [0.2, 0.25) is 0 Å². The van der Waals surface area contributed by atoms with Crippen molar-refractivity contribution in [1.82, 2.24) is 20.1 Å². The summed E-state index contributed by atoms with van der Waals surface area (Å²) in [6.45, 7) is 2.30. The van der Waals surface area contributed by atoms with E-state index < -0.39 is 28.4 Å². The number of piperidine rings is 1. The largest absolute Gasteiger partial charge is 0.482 e. The highest BCUT2D eigenvalue weighted by Crippen LogP contribution is 2.48. The maximum absolute atomic E-state index is 14.0. The molecule has 0 spiro atoms. The zero-order valence-electron chi connectivity index (χ0n) is 18.3. The molecule has 0 amide bonds. The lowest BCUT2D eigenvalue weighted by Crippen LogP contribution is -2.52. The van der Waals surface area contributed by atoms with Crippen LogP contribution in [-0.4, -0.2) is 59.2 Å². The van der Waals surface area contributed by atoms with Crippen LogP contribution in [0.25, 0.3) is 11.1 Å². The molecule has 6 nitrogen and oxygen atoms in total. The van der Waals surface area contributed by atoms with Gasteiger partial charge in [0.05, 0.1) is 42.6 Å². The molecule has 0 saturated carbocycles. The van der Waals surface area contributed by atoms with Gasteiger partial charge in [-0.1, -0.05) is 33.6 Å². The van der Waals surface area contributed by atoms with E-state index in [4.69, 9.17) is 65.1 Å². The maximum atomic E-state index is 14.0. The fraction of sp³-hybridized carbons (Fsp3) is 0.333. The number of pyridine rings is 1. The molecule has 1 aromatic carbocycles. The van der Waals surface area contributed by atoms with E-state index in [2.05, 4.69) is 15.4 Å². The lowest BCUT2D eigenvalue weighted by atomic mass is 9.36. The summed E-state index contributed by atoms with van der Waals surface area (Å²) in [7, 11) is 25.1. The molecule has 0 aliphatic carbocycles. The van der Waals surface area contributed by atoms with Gasteiger partial charge in [-0.15, -0.1) is 0 Å². The summed E-state index contributed by atoms with van der Waals surface area (Å²) in [5.41, 5.74) is 7.65. The van der Waals surface area contributed by atoms with E-state index >= 15 is 0 Å². The Balaban J connectivity index is 1.64. The van der Waals surface area contributed by atoms with Crippen LogP contribution in [0.2, 0.25) is 20.5 Å². The van der Waals surface area contributed by atoms with Gasteiger partial charge in [-0.2, -0.15) is 5.10 Å². The Bertz CT molecular complexity index is 1210. The Labute approximate surface area is 212 Å². The maximum Gasteiger partial charge on any atom is 0.166 e. The van der Waals surface area contributed by atoms with Gasteiger partial charge in [0, 0.05) is 40.1 Å². The van der Waals surface area contributed by atoms with E-state index in [0.29, 0.717) is 29.8 Å². The number of nitrogen functional groups attached to an aromatic ring is 1. The van der Waals surface area contributed by atoms with Crippen molar-refractivity contribution in [3.63, 3.8) is 0 Å². The summed E-state index contributed by atoms with van der Waals surface area (Å²) in [6, 6.07) is 3.60. The van der Waals surface area contributed by atoms with Gasteiger partial charge < -0.3 is 15.8 Å². The smallest absolute Gasteiger partial charge is 0.166 e. The number of anilines is 1. The van der Waals surface area contributed by atoms with E-state index in [1.165, 1.54) is 12.1 Å². The highest BCUT2D eigenvalue weighted by molar-refractivity contribution is 6.45. The molecule has 8 radical (unpaired) electrons. The zero-order chi connectivity index (χ0) is 24.8. The third-order valence-electron chi connectivity index (χ3n) is 5.75. The van der Waals surface area contributed by atoms with Crippen molar-refractivity contribution in [1.29, 1.82) is 0 Å². The Hall–Kier alpha value is -2.09. The van der Waals surface area contributed by atoms with Gasteiger partial charge in [-0.25, -0.2) is 9.37 Å². The summed E-state index contributed by atoms with van der Waals surface area (Å²) < 4.78 is 21.5. The standard InChI is InChI=1S/C21H18B4Cl2FN5O/c1-10(16-13(26)2-3-14(28)17(16)27)34-15-4-11(5-31-18(15)29)12-6-32-33(7-12)19-20(22,23)8-30-9-21(19,24)25/h2-7,10,19,30H,8-9H2,1H3,(H2,29,31)/t10-/m1/s1. The van der Waals surface area contributed by atoms with Crippen LogP contribution in [0.3, 0.4) is 0 Å². The number of halogens is 3. The van der Waals surface area contributed by atoms with E-state index in [1.54, 1.807) is 36.3 Å². The molecule has 3 N–H and O–H groups in total. The van der Waals surface area contributed by atoms with Crippen LogP contribution in [0.5, 0.6) is 5.75 Å². The van der Waals surface area contributed by atoms with Crippen molar-refractivity contribution >= 4 is 60.4 Å². The number of ether oxygens (including phenoxy) is 1. The molecular weight excluding hydrogens is 471 g/mol. The predicted molar refractivity (Wildman–Crippen MR) is 136 cm³/mol. The topological polar surface area (TPSA) is 78.0 Å². The molecule has 34 heavy (non-hydrogen) atoms. The van der Waals surface area contributed by atoms with E-state index in [1.807, 2.05) is 0 Å². The predicted octanol–water partition coefficient (Wildman–Crippen LogP) is 3.16. The SMILES string of the molecule is [B]C1([B])CNCC([B])([B])C1n1cc(-c2cnc(N)c(O[C@H](C)c3c(Cl)ccc(F)c3Cl)c2)cn1. The molecule has 166 valence electrons. The zero-order valence-corrected chi connectivity index (χ0v) is 19.8. The number of hydrogen-bond acceptors (Lipinski definition) is 5. The molecule has 3 aromatic rings. The Morgan fingerprint density at radius 2 is 1.85 bits per heavy atom. The fourth-order valence-corrected chi connectivity index (χ4v) is 4.86. The van der Waals surface area contributed by atoms with Crippen LogP contribution in [0.1, 0.15) is 24.6 Å². The minimum absolute atomic E-state index is 0.120. The summed E-state index contributed by atoms with van der Waals surface area (Å²) in [6.07, 6.45) is 4.18. The van der Waals surface area contributed by atoms with Crippen molar-refractivity contribution in [2.24, 2.45) is 0 Å². The summed E-state index contributed by atoms with van der Waals surface area (Å²) in [4.78, 5) is 4.21. The first kappa shape index (κ1) is 25.0. The number of rotatable bonds is 5. The minimum Gasteiger partial charge on any atom is -0.482 e. The second-order valence-corrected chi connectivity index (χ2v) is 9.35. The monoisotopic (exact) mass is 489 g/mol. The van der Waals surface area contributed by atoms with Gasteiger partial charge in [-0.05, 0) is 38.2 Å². The molecule has 4 rings (SSSR count). The third kappa shape index (κ3) is 4.70. The van der Waals surface area contributed by atoms with Crippen molar-refractivity contribution in [2.75, 3.05) is 18.8 Å². The molecule has 1 atom stereocenters. The highest BCUT2D eigenvalue weighted by Gasteiger charge is 2.43. The number of nitrogens with zero attached hydrogens (tertiary/aromatic N) is 3. The van der Waals surface area contributed by atoms with E-state index in [9.17, 15) is 4.39 Å². The van der Waals surface area contributed by atoms with Gasteiger partial charge in [0.1, 0.15) is 11.9 Å². The second kappa shape index (κ2) is 9.17. The number of nitrogens with one attached hydrogen (secondary N) is 1. The lowest BCUT2D eigenvalue weighted by molar-refractivity contribution is 0.227. The fourth-order valence-electron chi connectivity index (χ4n) is 4.18. The first-order valence-corrected chi connectivity index (χ1v) is 11.1. The Kier molecular flexibility index (Phi) is 6.75. The molecule has 1 fully saturated rings. The molecule has 1 aliphatic heterocycles. The van der Waals surface area contributed by atoms with Gasteiger partial charge in [-0.3, -0.25) is 4.68 Å². The van der Waals surface area contributed by atoms with Crippen LogP contribution < -0.4 is 15.8 Å². The van der Waals surface area contributed by atoms with E-state index in [0.717, 1.165) is 0 Å². The van der Waals surface area contributed by atoms with Crippen molar-refractivity contribution in [2.45, 2.75) is 29.5 Å². The molecule has 13 heteroatoms. The van der Waals surface area contributed by atoms with Crippen LogP contribution in [0.4, 0.5) is 10.2 Å². The van der Waals surface area contributed by atoms with Crippen LogP contribution in [0.15, 0.2) is 36.8 Å². The average Bonchev–Trinajstić information content (AvgIpc) is 3.20. The van der Waals surface area contributed by atoms with Crippen LogP contribution in [-0.2, 0) is 0 Å². The van der Waals surface area contributed by atoms with Crippen molar-refractivity contribution < 1.29 is 9.13 Å². The van der Waals surface area contributed by atoms with E-state index in [-0.39, 0.29) is 21.6 Å². The normalized spacial score (nSPS) is 18.5. The first-order chi connectivity index (χ1) is 15.9. The minimum atomic E-state index is -1.22. The van der Waals surface area contributed by atoms with Gasteiger partial charge >= 0.3 is 0 Å².